The lowest BCUT2D eigenvalue weighted by atomic mass is 10.2. The van der Waals surface area contributed by atoms with E-state index in [0.29, 0.717) is 28.4 Å². The van der Waals surface area contributed by atoms with Gasteiger partial charge in [-0.05, 0) is 24.3 Å². The van der Waals surface area contributed by atoms with Gasteiger partial charge in [0.15, 0.2) is 0 Å². The van der Waals surface area contributed by atoms with Gasteiger partial charge in [0.1, 0.15) is 11.5 Å². The molecule has 1 amide bonds. The summed E-state index contributed by atoms with van der Waals surface area (Å²) in [4.78, 5) is 12.3. The Hall–Kier alpha value is -2.74. The Kier molecular flexibility index (Phi) is 5.30. The van der Waals surface area contributed by atoms with E-state index in [1.807, 2.05) is 0 Å². The lowest BCUT2D eigenvalue weighted by Crippen LogP contribution is -2.13. The molecule has 2 rings (SSSR count). The van der Waals surface area contributed by atoms with Crippen LogP contribution in [-0.2, 0) is 10.0 Å². The van der Waals surface area contributed by atoms with Crippen molar-refractivity contribution >= 4 is 27.3 Å². The van der Waals surface area contributed by atoms with Gasteiger partial charge in [0.2, 0.25) is 10.0 Å². The molecular formula is C16H18N2O5S. The Labute approximate surface area is 140 Å². The first-order valence-electron chi connectivity index (χ1n) is 6.93. The highest BCUT2D eigenvalue weighted by Gasteiger charge is 2.09. The molecule has 0 spiro atoms. The number of amides is 1. The van der Waals surface area contributed by atoms with Gasteiger partial charge < -0.3 is 14.8 Å². The number of anilines is 2. The van der Waals surface area contributed by atoms with Gasteiger partial charge in [-0.25, -0.2) is 8.42 Å². The molecule has 0 fully saturated rings. The van der Waals surface area contributed by atoms with Gasteiger partial charge in [0, 0.05) is 35.1 Å². The van der Waals surface area contributed by atoms with E-state index in [4.69, 9.17) is 9.47 Å². The van der Waals surface area contributed by atoms with Crippen LogP contribution >= 0.6 is 0 Å². The Morgan fingerprint density at radius 1 is 0.917 bits per heavy atom. The summed E-state index contributed by atoms with van der Waals surface area (Å²) in [5.41, 5.74) is 1.29. The summed E-state index contributed by atoms with van der Waals surface area (Å²) in [7, 11) is -0.309. The van der Waals surface area contributed by atoms with Gasteiger partial charge >= 0.3 is 0 Å². The zero-order chi connectivity index (χ0) is 17.7. The first-order valence-corrected chi connectivity index (χ1v) is 8.82. The van der Waals surface area contributed by atoms with E-state index in [2.05, 4.69) is 10.0 Å². The molecule has 8 heteroatoms. The van der Waals surface area contributed by atoms with E-state index < -0.39 is 10.0 Å². The molecule has 0 aromatic heterocycles. The van der Waals surface area contributed by atoms with Crippen molar-refractivity contribution in [1.82, 2.24) is 0 Å². The van der Waals surface area contributed by atoms with E-state index in [-0.39, 0.29) is 5.91 Å². The summed E-state index contributed by atoms with van der Waals surface area (Å²) >= 11 is 0. The van der Waals surface area contributed by atoms with Crippen molar-refractivity contribution in [2.24, 2.45) is 0 Å². The molecule has 2 aromatic carbocycles. The number of sulfonamides is 1. The minimum absolute atomic E-state index is 0.337. The predicted molar refractivity (Wildman–Crippen MR) is 92.4 cm³/mol. The smallest absolute Gasteiger partial charge is 0.255 e. The molecule has 0 saturated heterocycles. The molecule has 0 atom stereocenters. The number of rotatable bonds is 6. The minimum atomic E-state index is -3.35. The lowest BCUT2D eigenvalue weighted by Gasteiger charge is -2.10. The van der Waals surface area contributed by atoms with E-state index in [1.165, 1.54) is 38.5 Å². The lowest BCUT2D eigenvalue weighted by molar-refractivity contribution is 0.102. The molecule has 0 bridgehead atoms. The van der Waals surface area contributed by atoms with Crippen LogP contribution in [0.5, 0.6) is 11.5 Å². The Balaban J connectivity index is 2.15. The second-order valence-electron chi connectivity index (χ2n) is 5.01. The van der Waals surface area contributed by atoms with Gasteiger partial charge in [-0.3, -0.25) is 9.52 Å². The molecular weight excluding hydrogens is 332 g/mol. The third-order valence-electron chi connectivity index (χ3n) is 3.06. The molecule has 0 radical (unpaired) electrons. The number of benzene rings is 2. The van der Waals surface area contributed by atoms with E-state index in [9.17, 15) is 13.2 Å². The van der Waals surface area contributed by atoms with Crippen molar-refractivity contribution in [3.63, 3.8) is 0 Å². The molecule has 0 aliphatic rings. The third-order valence-corrected chi connectivity index (χ3v) is 3.67. The van der Waals surface area contributed by atoms with E-state index in [0.717, 1.165) is 6.26 Å². The van der Waals surface area contributed by atoms with E-state index >= 15 is 0 Å². The summed E-state index contributed by atoms with van der Waals surface area (Å²) in [6.45, 7) is 0. The fraction of sp³-hybridized carbons (Fsp3) is 0.188. The van der Waals surface area contributed by atoms with Gasteiger partial charge in [-0.1, -0.05) is 0 Å². The van der Waals surface area contributed by atoms with Gasteiger partial charge in [0.05, 0.1) is 20.5 Å². The Morgan fingerprint density at radius 2 is 1.46 bits per heavy atom. The highest BCUT2D eigenvalue weighted by Crippen LogP contribution is 2.26. The molecule has 128 valence electrons. The van der Waals surface area contributed by atoms with Crippen molar-refractivity contribution in [3.05, 3.63) is 48.0 Å². The van der Waals surface area contributed by atoms with Crippen LogP contribution in [0.1, 0.15) is 10.4 Å². The monoisotopic (exact) mass is 350 g/mol. The first kappa shape index (κ1) is 17.6. The van der Waals surface area contributed by atoms with Crippen LogP contribution < -0.4 is 19.5 Å². The molecule has 2 N–H and O–H groups in total. The topological polar surface area (TPSA) is 93.7 Å². The molecule has 7 nitrogen and oxygen atoms in total. The molecule has 0 aliphatic carbocycles. The summed E-state index contributed by atoms with van der Waals surface area (Å²) in [5.74, 6) is 0.769. The summed E-state index contributed by atoms with van der Waals surface area (Å²) in [6, 6.07) is 11.1. The second kappa shape index (κ2) is 7.22. The maximum atomic E-state index is 12.3. The van der Waals surface area contributed by atoms with Crippen LogP contribution in [0.15, 0.2) is 42.5 Å². The zero-order valence-corrected chi connectivity index (χ0v) is 14.3. The summed E-state index contributed by atoms with van der Waals surface area (Å²) < 4.78 is 35.0. The van der Waals surface area contributed by atoms with Crippen molar-refractivity contribution in [2.75, 3.05) is 30.5 Å². The van der Waals surface area contributed by atoms with E-state index in [1.54, 1.807) is 18.2 Å². The van der Waals surface area contributed by atoms with Crippen molar-refractivity contribution in [2.45, 2.75) is 0 Å². The van der Waals surface area contributed by atoms with Crippen LogP contribution in [0.4, 0.5) is 11.4 Å². The average molecular weight is 350 g/mol. The zero-order valence-electron chi connectivity index (χ0n) is 13.5. The number of ether oxygens (including phenoxy) is 2. The largest absolute Gasteiger partial charge is 0.497 e. The molecule has 0 aliphatic heterocycles. The second-order valence-corrected chi connectivity index (χ2v) is 6.76. The van der Waals surface area contributed by atoms with Gasteiger partial charge in [0.25, 0.3) is 5.91 Å². The van der Waals surface area contributed by atoms with Crippen molar-refractivity contribution < 1.29 is 22.7 Å². The first-order chi connectivity index (χ1) is 11.3. The molecule has 24 heavy (non-hydrogen) atoms. The maximum absolute atomic E-state index is 12.3. The molecule has 0 saturated carbocycles. The van der Waals surface area contributed by atoms with Gasteiger partial charge in [-0.15, -0.1) is 0 Å². The molecule has 0 heterocycles. The van der Waals surface area contributed by atoms with Crippen LogP contribution in [-0.4, -0.2) is 34.8 Å². The highest BCUT2D eigenvalue weighted by atomic mass is 32.2. The number of nitrogens with one attached hydrogen (secondary N) is 2. The normalized spacial score (nSPS) is 10.8. The van der Waals surface area contributed by atoms with Crippen LogP contribution in [0.2, 0.25) is 0 Å². The summed E-state index contributed by atoms with van der Waals surface area (Å²) in [5, 5.41) is 2.74. The Morgan fingerprint density at radius 3 is 1.92 bits per heavy atom. The number of hydrogen-bond acceptors (Lipinski definition) is 5. The quantitative estimate of drug-likeness (QED) is 0.834. The van der Waals surface area contributed by atoms with Crippen molar-refractivity contribution in [1.29, 1.82) is 0 Å². The number of carbonyl (C=O) groups is 1. The number of hydrogen-bond donors (Lipinski definition) is 2. The fourth-order valence-electron chi connectivity index (χ4n) is 1.99. The highest BCUT2D eigenvalue weighted by molar-refractivity contribution is 7.92. The minimum Gasteiger partial charge on any atom is -0.497 e. The molecule has 2 aromatic rings. The predicted octanol–water partition coefficient (Wildman–Crippen LogP) is 2.33. The standard InChI is InChI=1S/C16H18N2O5S/c1-22-14-8-13(9-15(10-14)23-2)17-16(19)11-4-6-12(7-5-11)18-24(3,20)21/h4-10,18H,1-3H3,(H,17,19). The molecule has 0 unspecified atom stereocenters. The van der Waals surface area contributed by atoms with Crippen LogP contribution in [0.25, 0.3) is 0 Å². The number of methoxy groups -OCH3 is 2. The Bertz CT molecular complexity index is 810. The average Bonchev–Trinajstić information content (AvgIpc) is 2.53. The summed E-state index contributed by atoms with van der Waals surface area (Å²) in [6.07, 6.45) is 1.06. The third kappa shape index (κ3) is 4.88. The van der Waals surface area contributed by atoms with Gasteiger partial charge in [-0.2, -0.15) is 0 Å². The fourth-order valence-corrected chi connectivity index (χ4v) is 2.55. The van der Waals surface area contributed by atoms with Crippen LogP contribution in [0.3, 0.4) is 0 Å². The van der Waals surface area contributed by atoms with Crippen molar-refractivity contribution in [3.8, 4) is 11.5 Å². The SMILES string of the molecule is COc1cc(NC(=O)c2ccc(NS(C)(=O)=O)cc2)cc(OC)c1. The number of carbonyl (C=O) groups excluding carboxylic acids is 1. The van der Waals surface area contributed by atoms with Crippen LogP contribution in [0, 0.1) is 0 Å². The maximum Gasteiger partial charge on any atom is 0.255 e.